The fraction of sp³-hybridized carbons (Fsp3) is 0.118. The fourth-order valence-electron chi connectivity index (χ4n) is 1.97. The highest BCUT2D eigenvalue weighted by Crippen LogP contribution is 2.34. The molecule has 1 N–H and O–H groups in total. The summed E-state index contributed by atoms with van der Waals surface area (Å²) in [6.07, 6.45) is 2.90. The van der Waals surface area contributed by atoms with E-state index in [0.717, 1.165) is 0 Å². The van der Waals surface area contributed by atoms with Gasteiger partial charge in [-0.3, -0.25) is 4.79 Å². The van der Waals surface area contributed by atoms with E-state index in [0.29, 0.717) is 21.4 Å². The van der Waals surface area contributed by atoms with E-state index in [4.69, 9.17) is 32.7 Å². The maximum Gasteiger partial charge on any atom is 0.193 e. The summed E-state index contributed by atoms with van der Waals surface area (Å²) in [4.78, 5) is 12.3. The van der Waals surface area contributed by atoms with Gasteiger partial charge in [-0.2, -0.15) is 0 Å². The molecule has 0 atom stereocenters. The molecule has 0 amide bonds. The summed E-state index contributed by atoms with van der Waals surface area (Å²) in [5.41, 5.74) is 0.768. The molecule has 2 aromatic carbocycles. The number of hydrogen-bond donors (Lipinski definition) is 1. The second-order valence-electron chi connectivity index (χ2n) is 4.59. The number of carbonyl (C=O) groups is 1. The molecule has 0 aliphatic carbocycles. The Morgan fingerprint density at radius 2 is 1.83 bits per heavy atom. The minimum absolute atomic E-state index is 0.0598. The van der Waals surface area contributed by atoms with E-state index in [9.17, 15) is 9.90 Å². The Balaban J connectivity index is 2.33. The van der Waals surface area contributed by atoms with Gasteiger partial charge >= 0.3 is 0 Å². The normalized spacial score (nSPS) is 10.8. The first-order valence-corrected chi connectivity index (χ1v) is 7.34. The molecule has 0 unspecified atom stereocenters. The van der Waals surface area contributed by atoms with E-state index in [-0.39, 0.29) is 17.1 Å². The van der Waals surface area contributed by atoms with Gasteiger partial charge in [0.15, 0.2) is 5.78 Å². The quantitative estimate of drug-likeness (QED) is 0.630. The summed E-state index contributed by atoms with van der Waals surface area (Å²) < 4.78 is 10.2. The van der Waals surface area contributed by atoms with Crippen molar-refractivity contribution in [3.8, 4) is 17.2 Å². The summed E-state index contributed by atoms with van der Waals surface area (Å²) in [6, 6.07) is 7.88. The molecule has 0 aliphatic heterocycles. The van der Waals surface area contributed by atoms with Gasteiger partial charge in [0.1, 0.15) is 22.8 Å². The number of rotatable bonds is 5. The summed E-state index contributed by atoms with van der Waals surface area (Å²) in [5.74, 6) is -0.00642. The van der Waals surface area contributed by atoms with Gasteiger partial charge in [-0.15, -0.1) is 0 Å². The van der Waals surface area contributed by atoms with Crippen molar-refractivity contribution in [2.45, 2.75) is 0 Å². The maximum atomic E-state index is 12.3. The number of allylic oxidation sites excluding steroid dienone is 1. The SMILES string of the molecule is COc1cc(O)c(C(=O)C=Cc2ccc(Cl)c(Cl)c2)c(OC)c1. The minimum Gasteiger partial charge on any atom is -0.507 e. The first-order chi connectivity index (χ1) is 11.0. The predicted molar refractivity (Wildman–Crippen MR) is 91.0 cm³/mol. The van der Waals surface area contributed by atoms with Gasteiger partial charge in [0.2, 0.25) is 0 Å². The number of aromatic hydroxyl groups is 1. The van der Waals surface area contributed by atoms with E-state index >= 15 is 0 Å². The highest BCUT2D eigenvalue weighted by molar-refractivity contribution is 6.42. The van der Waals surface area contributed by atoms with Crippen LogP contribution in [0.2, 0.25) is 10.0 Å². The number of hydrogen-bond acceptors (Lipinski definition) is 4. The topological polar surface area (TPSA) is 55.8 Å². The van der Waals surface area contributed by atoms with E-state index in [2.05, 4.69) is 0 Å². The Bertz CT molecular complexity index is 769. The number of benzene rings is 2. The Morgan fingerprint density at radius 1 is 1.09 bits per heavy atom. The molecule has 0 fully saturated rings. The smallest absolute Gasteiger partial charge is 0.193 e. The zero-order chi connectivity index (χ0) is 17.0. The van der Waals surface area contributed by atoms with Crippen LogP contribution < -0.4 is 9.47 Å². The van der Waals surface area contributed by atoms with Crippen molar-refractivity contribution in [1.29, 1.82) is 0 Å². The Morgan fingerprint density at radius 3 is 2.43 bits per heavy atom. The first-order valence-electron chi connectivity index (χ1n) is 6.58. The molecule has 4 nitrogen and oxygen atoms in total. The zero-order valence-corrected chi connectivity index (χ0v) is 14.0. The highest BCUT2D eigenvalue weighted by atomic mass is 35.5. The molecule has 0 radical (unpaired) electrons. The molecule has 0 aromatic heterocycles. The summed E-state index contributed by atoms with van der Waals surface area (Å²) in [5, 5.41) is 10.9. The second-order valence-corrected chi connectivity index (χ2v) is 5.41. The van der Waals surface area contributed by atoms with E-state index in [1.807, 2.05) is 0 Å². The van der Waals surface area contributed by atoms with Crippen LogP contribution in [0.3, 0.4) is 0 Å². The number of phenols is 1. The third-order valence-electron chi connectivity index (χ3n) is 3.13. The lowest BCUT2D eigenvalue weighted by Gasteiger charge is -2.10. The molecule has 0 bridgehead atoms. The lowest BCUT2D eigenvalue weighted by molar-refractivity contribution is 0.104. The van der Waals surface area contributed by atoms with Gasteiger partial charge in [0, 0.05) is 12.1 Å². The number of carbonyl (C=O) groups excluding carboxylic acids is 1. The average Bonchev–Trinajstić information content (AvgIpc) is 2.54. The van der Waals surface area contributed by atoms with E-state index in [1.54, 1.807) is 24.3 Å². The molecule has 2 aromatic rings. The molecule has 0 aliphatic rings. The number of methoxy groups -OCH3 is 2. The van der Waals surface area contributed by atoms with Crippen LogP contribution >= 0.6 is 23.2 Å². The van der Waals surface area contributed by atoms with Crippen molar-refractivity contribution < 1.29 is 19.4 Å². The lowest BCUT2D eigenvalue weighted by Crippen LogP contribution is -2.00. The Kier molecular flexibility index (Phi) is 5.53. The summed E-state index contributed by atoms with van der Waals surface area (Å²) in [7, 11) is 2.87. The maximum absolute atomic E-state index is 12.3. The zero-order valence-electron chi connectivity index (χ0n) is 12.5. The van der Waals surface area contributed by atoms with Gasteiger partial charge in [0.05, 0.1) is 24.3 Å². The number of phenolic OH excluding ortho intramolecular Hbond substituents is 1. The van der Waals surface area contributed by atoms with Gasteiger partial charge in [-0.05, 0) is 23.8 Å². The molecule has 120 valence electrons. The molecule has 23 heavy (non-hydrogen) atoms. The molecule has 0 saturated heterocycles. The molecular formula is C17H14Cl2O4. The predicted octanol–water partition coefficient (Wildman–Crippen LogP) is 4.61. The van der Waals surface area contributed by atoms with Crippen LogP contribution in [0.25, 0.3) is 6.08 Å². The largest absolute Gasteiger partial charge is 0.507 e. The van der Waals surface area contributed by atoms with Gasteiger partial charge in [0.25, 0.3) is 0 Å². The first kappa shape index (κ1) is 17.2. The van der Waals surface area contributed by atoms with Crippen LogP contribution in [0.15, 0.2) is 36.4 Å². The van der Waals surface area contributed by atoms with Crippen LogP contribution in [0.5, 0.6) is 17.2 Å². The molecule has 2 rings (SSSR count). The van der Waals surface area contributed by atoms with Crippen molar-refractivity contribution in [1.82, 2.24) is 0 Å². The third-order valence-corrected chi connectivity index (χ3v) is 3.87. The standard InChI is InChI=1S/C17H14Cl2O4/c1-22-11-8-15(21)17(16(9-11)23-2)14(20)6-4-10-3-5-12(18)13(19)7-10/h3-9,21H,1-2H3. The van der Waals surface area contributed by atoms with Crippen molar-refractivity contribution >= 4 is 35.1 Å². The van der Waals surface area contributed by atoms with Crippen LogP contribution in [0.1, 0.15) is 15.9 Å². The van der Waals surface area contributed by atoms with Gasteiger partial charge in [-0.25, -0.2) is 0 Å². The van der Waals surface area contributed by atoms with Crippen molar-refractivity contribution in [2.24, 2.45) is 0 Å². The molecule has 0 spiro atoms. The van der Waals surface area contributed by atoms with Gasteiger partial charge < -0.3 is 14.6 Å². The summed E-state index contributed by atoms with van der Waals surface area (Å²) >= 11 is 11.8. The van der Waals surface area contributed by atoms with Crippen LogP contribution in [-0.4, -0.2) is 25.1 Å². The van der Waals surface area contributed by atoms with E-state index in [1.165, 1.54) is 32.4 Å². The molecule has 6 heteroatoms. The second kappa shape index (κ2) is 7.40. The Labute approximate surface area is 143 Å². The summed E-state index contributed by atoms with van der Waals surface area (Å²) in [6.45, 7) is 0. The van der Waals surface area contributed by atoms with Crippen molar-refractivity contribution in [2.75, 3.05) is 14.2 Å². The van der Waals surface area contributed by atoms with Crippen molar-refractivity contribution in [3.05, 3.63) is 57.6 Å². The fourth-order valence-corrected chi connectivity index (χ4v) is 2.28. The average molecular weight is 353 g/mol. The molecular weight excluding hydrogens is 339 g/mol. The number of ether oxygens (including phenoxy) is 2. The van der Waals surface area contributed by atoms with Crippen LogP contribution in [-0.2, 0) is 0 Å². The number of ketones is 1. The minimum atomic E-state index is -0.409. The molecule has 0 saturated carbocycles. The Hall–Kier alpha value is -2.17. The van der Waals surface area contributed by atoms with Crippen molar-refractivity contribution in [3.63, 3.8) is 0 Å². The molecule has 0 heterocycles. The van der Waals surface area contributed by atoms with Crippen LogP contribution in [0, 0.1) is 0 Å². The lowest BCUT2D eigenvalue weighted by atomic mass is 10.1. The highest BCUT2D eigenvalue weighted by Gasteiger charge is 2.17. The van der Waals surface area contributed by atoms with E-state index < -0.39 is 5.78 Å². The third kappa shape index (κ3) is 3.97. The van der Waals surface area contributed by atoms with Crippen LogP contribution in [0.4, 0.5) is 0 Å². The van der Waals surface area contributed by atoms with Gasteiger partial charge in [-0.1, -0.05) is 35.3 Å². The number of halogens is 2. The monoisotopic (exact) mass is 352 g/mol.